The van der Waals surface area contributed by atoms with E-state index >= 15 is 0 Å². The molecular formula is C15H16ClN. The predicted molar refractivity (Wildman–Crippen MR) is 72.5 cm³/mol. The summed E-state index contributed by atoms with van der Waals surface area (Å²) in [4.78, 5) is 4.39. The summed E-state index contributed by atoms with van der Waals surface area (Å²) >= 11 is 6.45. The van der Waals surface area contributed by atoms with Crippen LogP contribution in [0.25, 0.3) is 0 Å². The van der Waals surface area contributed by atoms with Crippen LogP contribution in [0, 0.1) is 13.8 Å². The molecule has 0 saturated heterocycles. The van der Waals surface area contributed by atoms with Crippen molar-refractivity contribution >= 4 is 11.6 Å². The first-order chi connectivity index (χ1) is 8.16. The Morgan fingerprint density at radius 2 is 1.88 bits per heavy atom. The van der Waals surface area contributed by atoms with Crippen molar-refractivity contribution in [2.75, 3.05) is 0 Å². The Hall–Kier alpha value is -1.34. The van der Waals surface area contributed by atoms with Gasteiger partial charge in [-0.3, -0.25) is 4.98 Å². The minimum absolute atomic E-state index is 0.00796. The first-order valence-corrected chi connectivity index (χ1v) is 6.21. The summed E-state index contributed by atoms with van der Waals surface area (Å²) in [5.41, 5.74) is 4.64. The summed E-state index contributed by atoms with van der Waals surface area (Å²) in [6.45, 7) is 4.13. The summed E-state index contributed by atoms with van der Waals surface area (Å²) in [6.07, 6.45) is 2.66. The van der Waals surface area contributed by atoms with Gasteiger partial charge in [0.1, 0.15) is 0 Å². The van der Waals surface area contributed by atoms with E-state index in [1.165, 1.54) is 16.7 Å². The lowest BCUT2D eigenvalue weighted by Gasteiger charge is -2.12. The summed E-state index contributed by atoms with van der Waals surface area (Å²) in [5, 5.41) is -0.00796. The Morgan fingerprint density at radius 1 is 1.12 bits per heavy atom. The molecule has 2 heteroatoms. The van der Waals surface area contributed by atoms with Crippen LogP contribution in [0.5, 0.6) is 0 Å². The maximum atomic E-state index is 6.45. The van der Waals surface area contributed by atoms with Crippen LogP contribution in [0.15, 0.2) is 42.6 Å². The van der Waals surface area contributed by atoms with Crippen LogP contribution < -0.4 is 0 Å². The number of halogens is 1. The molecule has 0 spiro atoms. The molecule has 88 valence electrons. The zero-order chi connectivity index (χ0) is 12.3. The number of nitrogens with zero attached hydrogens (tertiary/aromatic N) is 1. The van der Waals surface area contributed by atoms with Gasteiger partial charge in [0.15, 0.2) is 0 Å². The van der Waals surface area contributed by atoms with Crippen LogP contribution >= 0.6 is 11.6 Å². The van der Waals surface area contributed by atoms with Crippen molar-refractivity contribution in [3.05, 3.63) is 65.0 Å². The molecule has 0 radical (unpaired) electrons. The Labute approximate surface area is 107 Å². The fraction of sp³-hybridized carbons (Fsp3) is 0.267. The second-order valence-electron chi connectivity index (χ2n) is 4.36. The van der Waals surface area contributed by atoms with Crippen LogP contribution in [0.3, 0.4) is 0 Å². The molecule has 1 aromatic carbocycles. The number of hydrogen-bond donors (Lipinski definition) is 0. The molecule has 0 aliphatic heterocycles. The third-order valence-electron chi connectivity index (χ3n) is 2.89. The second-order valence-corrected chi connectivity index (χ2v) is 4.88. The van der Waals surface area contributed by atoms with Crippen molar-refractivity contribution in [2.24, 2.45) is 0 Å². The Bertz CT molecular complexity index is 491. The fourth-order valence-electron chi connectivity index (χ4n) is 1.85. The van der Waals surface area contributed by atoms with E-state index in [1.807, 2.05) is 31.3 Å². The average Bonchev–Trinajstić information content (AvgIpc) is 2.32. The van der Waals surface area contributed by atoms with E-state index in [4.69, 9.17) is 11.6 Å². The molecular weight excluding hydrogens is 230 g/mol. The Balaban J connectivity index is 2.14. The van der Waals surface area contributed by atoms with Gasteiger partial charge < -0.3 is 0 Å². The zero-order valence-electron chi connectivity index (χ0n) is 10.2. The molecule has 1 nitrogen and oxygen atoms in total. The van der Waals surface area contributed by atoms with Crippen molar-refractivity contribution in [1.82, 2.24) is 4.98 Å². The molecule has 1 aromatic heterocycles. The molecule has 2 aromatic rings. The Kier molecular flexibility index (Phi) is 3.80. The van der Waals surface area contributed by atoms with Gasteiger partial charge in [-0.2, -0.15) is 0 Å². The van der Waals surface area contributed by atoms with Gasteiger partial charge in [-0.25, -0.2) is 0 Å². The minimum atomic E-state index is -0.00796. The summed E-state index contributed by atoms with van der Waals surface area (Å²) in [6, 6.07) is 12.4. The van der Waals surface area contributed by atoms with Crippen molar-refractivity contribution < 1.29 is 0 Å². The highest BCUT2D eigenvalue weighted by molar-refractivity contribution is 6.21. The van der Waals surface area contributed by atoms with Crippen LogP contribution in [-0.2, 0) is 6.42 Å². The standard InChI is InChI=1S/C15H16ClN/c1-11-7-8-13(17-10-11)9-15(16)14-6-4-3-5-12(14)2/h3-8,10,15H,9H2,1-2H3. The van der Waals surface area contributed by atoms with E-state index in [0.29, 0.717) is 0 Å². The normalized spacial score (nSPS) is 12.4. The van der Waals surface area contributed by atoms with E-state index in [0.717, 1.165) is 12.1 Å². The van der Waals surface area contributed by atoms with Crippen LogP contribution in [0.4, 0.5) is 0 Å². The van der Waals surface area contributed by atoms with Gasteiger partial charge >= 0.3 is 0 Å². The number of benzene rings is 1. The van der Waals surface area contributed by atoms with Crippen LogP contribution in [-0.4, -0.2) is 4.98 Å². The highest BCUT2D eigenvalue weighted by atomic mass is 35.5. The molecule has 0 bridgehead atoms. The number of aromatic nitrogens is 1. The molecule has 0 saturated carbocycles. The molecule has 0 aliphatic carbocycles. The first kappa shape index (κ1) is 12.1. The minimum Gasteiger partial charge on any atom is -0.261 e. The van der Waals surface area contributed by atoms with Crippen molar-refractivity contribution in [3.8, 4) is 0 Å². The number of pyridine rings is 1. The van der Waals surface area contributed by atoms with Gasteiger partial charge in [0.05, 0.1) is 5.38 Å². The van der Waals surface area contributed by atoms with Gasteiger partial charge in [-0.15, -0.1) is 11.6 Å². The molecule has 1 heterocycles. The number of hydrogen-bond acceptors (Lipinski definition) is 1. The van der Waals surface area contributed by atoms with E-state index < -0.39 is 0 Å². The SMILES string of the molecule is Cc1ccc(CC(Cl)c2ccccc2C)nc1. The fourth-order valence-corrected chi connectivity index (χ4v) is 2.25. The molecule has 1 atom stereocenters. The lowest BCUT2D eigenvalue weighted by atomic mass is 10.0. The third kappa shape index (κ3) is 3.07. The van der Waals surface area contributed by atoms with Gasteiger partial charge in [0.25, 0.3) is 0 Å². The second kappa shape index (κ2) is 5.33. The predicted octanol–water partition coefficient (Wildman–Crippen LogP) is 4.22. The Morgan fingerprint density at radius 3 is 2.53 bits per heavy atom. The molecule has 0 fully saturated rings. The number of alkyl halides is 1. The third-order valence-corrected chi connectivity index (χ3v) is 3.28. The molecule has 2 rings (SSSR count). The number of aryl methyl sites for hydroxylation is 2. The van der Waals surface area contributed by atoms with Crippen molar-refractivity contribution in [2.45, 2.75) is 25.6 Å². The summed E-state index contributed by atoms with van der Waals surface area (Å²) < 4.78 is 0. The maximum Gasteiger partial charge on any atom is 0.0643 e. The monoisotopic (exact) mass is 245 g/mol. The molecule has 17 heavy (non-hydrogen) atoms. The first-order valence-electron chi connectivity index (χ1n) is 5.78. The summed E-state index contributed by atoms with van der Waals surface area (Å²) in [5.74, 6) is 0. The molecule has 0 amide bonds. The highest BCUT2D eigenvalue weighted by Gasteiger charge is 2.11. The van der Waals surface area contributed by atoms with Gasteiger partial charge in [0.2, 0.25) is 0 Å². The molecule has 0 N–H and O–H groups in total. The van der Waals surface area contributed by atoms with E-state index in [-0.39, 0.29) is 5.38 Å². The molecule has 1 unspecified atom stereocenters. The van der Waals surface area contributed by atoms with Gasteiger partial charge in [0, 0.05) is 18.3 Å². The lowest BCUT2D eigenvalue weighted by molar-refractivity contribution is 0.872. The maximum absolute atomic E-state index is 6.45. The quantitative estimate of drug-likeness (QED) is 0.738. The topological polar surface area (TPSA) is 12.9 Å². The lowest BCUT2D eigenvalue weighted by Crippen LogP contribution is -2.00. The largest absolute Gasteiger partial charge is 0.261 e. The zero-order valence-corrected chi connectivity index (χ0v) is 10.9. The van der Waals surface area contributed by atoms with Crippen molar-refractivity contribution in [1.29, 1.82) is 0 Å². The van der Waals surface area contributed by atoms with Gasteiger partial charge in [-0.05, 0) is 36.6 Å². The number of rotatable bonds is 3. The summed E-state index contributed by atoms with van der Waals surface area (Å²) in [7, 11) is 0. The van der Waals surface area contributed by atoms with Gasteiger partial charge in [-0.1, -0.05) is 30.3 Å². The van der Waals surface area contributed by atoms with Crippen molar-refractivity contribution in [3.63, 3.8) is 0 Å². The van der Waals surface area contributed by atoms with E-state index in [9.17, 15) is 0 Å². The average molecular weight is 246 g/mol. The smallest absolute Gasteiger partial charge is 0.0643 e. The molecule has 0 aliphatic rings. The van der Waals surface area contributed by atoms with Crippen LogP contribution in [0.2, 0.25) is 0 Å². The highest BCUT2D eigenvalue weighted by Crippen LogP contribution is 2.26. The van der Waals surface area contributed by atoms with Crippen LogP contribution in [0.1, 0.15) is 27.8 Å². The van der Waals surface area contributed by atoms with E-state index in [2.05, 4.69) is 30.1 Å². The van der Waals surface area contributed by atoms with E-state index in [1.54, 1.807) is 0 Å².